The number of hydrogen-bond acceptors (Lipinski definition) is 7. The van der Waals surface area contributed by atoms with Gasteiger partial charge in [-0.3, -0.25) is 24.1 Å². The number of imide groups is 1. The van der Waals surface area contributed by atoms with Crippen LogP contribution in [0, 0.1) is 29.6 Å². The summed E-state index contributed by atoms with van der Waals surface area (Å²) in [5.74, 6) is -1.21. The van der Waals surface area contributed by atoms with Crippen LogP contribution in [0.2, 0.25) is 0 Å². The molecule has 2 aliphatic heterocycles. The SMILES string of the molecule is O=C(O)CCCN1C(=O)[C@@H]2[C@H]3C[C@@H]([C@@H]2C1=O)[C@@H]1[C@H](c2cccs2)c2sc(=O)[nH]c2S[C@H]31. The van der Waals surface area contributed by atoms with Gasteiger partial charge >= 0.3 is 10.8 Å². The number of carbonyl (C=O) groups excluding carboxylic acids is 2. The molecule has 2 amide bonds. The third-order valence-electron chi connectivity index (χ3n) is 7.44. The number of carboxylic acid groups (broad SMARTS) is 1. The average Bonchev–Trinajstić information content (AvgIpc) is 3.51. The van der Waals surface area contributed by atoms with E-state index >= 15 is 0 Å². The van der Waals surface area contributed by atoms with Crippen LogP contribution < -0.4 is 4.87 Å². The predicted molar refractivity (Wildman–Crippen MR) is 116 cm³/mol. The van der Waals surface area contributed by atoms with Crippen molar-refractivity contribution in [3.05, 3.63) is 36.9 Å². The number of aromatic amines is 1. The number of carboxylic acids is 1. The lowest BCUT2D eigenvalue weighted by Crippen LogP contribution is -2.42. The number of thiophene rings is 1. The summed E-state index contributed by atoms with van der Waals surface area (Å²) in [6.07, 6.45) is 1.12. The molecule has 2 aromatic rings. The van der Waals surface area contributed by atoms with Crippen LogP contribution in [0.3, 0.4) is 0 Å². The van der Waals surface area contributed by atoms with Gasteiger partial charge in [0.05, 0.1) is 16.9 Å². The second-order valence-electron chi connectivity index (χ2n) is 8.80. The number of fused-ring (bicyclic) bond motifs is 9. The van der Waals surface area contributed by atoms with Crippen molar-refractivity contribution in [2.45, 2.75) is 35.5 Å². The molecule has 162 valence electrons. The van der Waals surface area contributed by atoms with Gasteiger partial charge in [-0.2, -0.15) is 0 Å². The third kappa shape index (κ3) is 2.77. The van der Waals surface area contributed by atoms with Gasteiger partial charge in [-0.25, -0.2) is 0 Å². The summed E-state index contributed by atoms with van der Waals surface area (Å²) < 4.78 is 0. The molecule has 4 heterocycles. The normalized spacial score (nSPS) is 35.4. The Kier molecular flexibility index (Phi) is 4.49. The number of hydrogen-bond donors (Lipinski definition) is 2. The molecule has 10 heteroatoms. The number of aromatic nitrogens is 1. The third-order valence-corrected chi connectivity index (χ3v) is 11.0. The summed E-state index contributed by atoms with van der Waals surface area (Å²) in [5.41, 5.74) is 0. The molecule has 2 aliphatic carbocycles. The molecule has 6 rings (SSSR count). The minimum atomic E-state index is -0.916. The number of thiazole rings is 1. The topological polar surface area (TPSA) is 108 Å². The number of rotatable bonds is 5. The molecular formula is C21H20N2O5S3. The molecule has 2 bridgehead atoms. The Hall–Kier alpha value is -1.91. The van der Waals surface area contributed by atoms with Gasteiger partial charge in [-0.1, -0.05) is 17.4 Å². The van der Waals surface area contributed by atoms with E-state index in [1.165, 1.54) is 21.1 Å². The van der Waals surface area contributed by atoms with E-state index in [9.17, 15) is 19.2 Å². The fourth-order valence-electron chi connectivity index (χ4n) is 6.47. The molecule has 0 aromatic carbocycles. The first-order valence-corrected chi connectivity index (χ1v) is 13.0. The highest BCUT2D eigenvalue weighted by Crippen LogP contribution is 2.68. The van der Waals surface area contributed by atoms with Crippen LogP contribution in [0.25, 0.3) is 0 Å². The Bertz CT molecular complexity index is 1140. The number of amides is 2. The lowest BCUT2D eigenvalue weighted by atomic mass is 9.69. The Labute approximate surface area is 189 Å². The van der Waals surface area contributed by atoms with Crippen molar-refractivity contribution in [1.82, 2.24) is 9.88 Å². The lowest BCUT2D eigenvalue weighted by molar-refractivity contribution is -0.142. The Morgan fingerprint density at radius 2 is 1.97 bits per heavy atom. The first-order valence-electron chi connectivity index (χ1n) is 10.5. The zero-order valence-corrected chi connectivity index (χ0v) is 18.8. The summed E-state index contributed by atoms with van der Waals surface area (Å²) in [6, 6.07) is 4.13. The predicted octanol–water partition coefficient (Wildman–Crippen LogP) is 2.84. The second-order valence-corrected chi connectivity index (χ2v) is 12.0. The number of likely N-dealkylation sites (tertiary alicyclic amines) is 1. The fourth-order valence-corrected chi connectivity index (χ4v) is 10.3. The molecule has 2 saturated carbocycles. The lowest BCUT2D eigenvalue weighted by Gasteiger charge is -2.42. The monoisotopic (exact) mass is 476 g/mol. The van der Waals surface area contributed by atoms with Crippen LogP contribution in [0.5, 0.6) is 0 Å². The van der Waals surface area contributed by atoms with Crippen LogP contribution in [0.15, 0.2) is 27.3 Å². The quantitative estimate of drug-likeness (QED) is 0.643. The maximum atomic E-state index is 13.3. The standard InChI is InChI=1S/C21H20N2O5S3/c24-11(25)4-1-5-23-19(26)13-8-7-9(14(13)20(23)27)16-12(8)15(10-3-2-6-29-10)17-18(30-16)22-21(28)31-17/h2-3,6,8-9,12-16H,1,4-5,7H2,(H,22,28)(H,24,25)/t8-,9-,12-,13+,14-,15+,16-/m1/s1. The van der Waals surface area contributed by atoms with E-state index in [2.05, 4.69) is 11.1 Å². The van der Waals surface area contributed by atoms with E-state index in [0.29, 0.717) is 6.42 Å². The zero-order valence-electron chi connectivity index (χ0n) is 16.4. The number of aliphatic carboxylic acids is 1. The maximum Gasteiger partial charge on any atom is 0.305 e. The van der Waals surface area contributed by atoms with Crippen LogP contribution in [-0.4, -0.2) is 44.6 Å². The van der Waals surface area contributed by atoms with Crippen LogP contribution >= 0.6 is 34.4 Å². The Balaban J connectivity index is 1.36. The summed E-state index contributed by atoms with van der Waals surface area (Å²) in [5, 5.41) is 12.1. The number of nitrogens with one attached hydrogen (secondary N) is 1. The van der Waals surface area contributed by atoms with Gasteiger partial charge in [0, 0.05) is 33.9 Å². The second kappa shape index (κ2) is 7.05. The molecular weight excluding hydrogens is 456 g/mol. The highest BCUT2D eigenvalue weighted by molar-refractivity contribution is 8.00. The van der Waals surface area contributed by atoms with Crippen molar-refractivity contribution in [3.8, 4) is 0 Å². The van der Waals surface area contributed by atoms with Gasteiger partial charge in [0.1, 0.15) is 0 Å². The van der Waals surface area contributed by atoms with Crippen LogP contribution in [0.4, 0.5) is 0 Å². The Morgan fingerprint density at radius 3 is 2.68 bits per heavy atom. The number of thioether (sulfide) groups is 1. The molecule has 3 fully saturated rings. The van der Waals surface area contributed by atoms with Crippen molar-refractivity contribution < 1.29 is 19.5 Å². The zero-order chi connectivity index (χ0) is 21.4. The van der Waals surface area contributed by atoms with E-state index in [1.807, 2.05) is 11.4 Å². The molecule has 31 heavy (non-hydrogen) atoms. The van der Waals surface area contributed by atoms with E-state index < -0.39 is 5.97 Å². The van der Waals surface area contributed by atoms with Gasteiger partial charge in [0.25, 0.3) is 0 Å². The molecule has 2 aromatic heterocycles. The van der Waals surface area contributed by atoms with Crippen molar-refractivity contribution in [2.75, 3.05) is 6.54 Å². The molecule has 7 nitrogen and oxygen atoms in total. The summed E-state index contributed by atoms with van der Waals surface area (Å²) >= 11 is 4.64. The van der Waals surface area contributed by atoms with Crippen molar-refractivity contribution in [3.63, 3.8) is 0 Å². The average molecular weight is 477 g/mol. The molecule has 0 spiro atoms. The molecule has 4 aliphatic rings. The van der Waals surface area contributed by atoms with E-state index in [0.717, 1.165) is 16.3 Å². The van der Waals surface area contributed by atoms with E-state index in [1.54, 1.807) is 23.1 Å². The number of carbonyl (C=O) groups is 3. The molecule has 7 atom stereocenters. The minimum Gasteiger partial charge on any atom is -0.481 e. The maximum absolute atomic E-state index is 13.3. The summed E-state index contributed by atoms with van der Waals surface area (Å²) in [4.78, 5) is 56.0. The molecule has 2 N–H and O–H groups in total. The first-order chi connectivity index (χ1) is 15.0. The van der Waals surface area contributed by atoms with Gasteiger partial charge in [0.2, 0.25) is 11.8 Å². The highest BCUT2D eigenvalue weighted by Gasteiger charge is 2.69. The van der Waals surface area contributed by atoms with Crippen molar-refractivity contribution in [1.29, 1.82) is 0 Å². The first kappa shape index (κ1) is 19.8. The largest absolute Gasteiger partial charge is 0.481 e. The summed E-state index contributed by atoms with van der Waals surface area (Å²) in [7, 11) is 0. The van der Waals surface area contributed by atoms with Crippen LogP contribution in [-0.2, 0) is 14.4 Å². The van der Waals surface area contributed by atoms with E-state index in [4.69, 9.17) is 5.11 Å². The van der Waals surface area contributed by atoms with Gasteiger partial charge in [-0.15, -0.1) is 23.1 Å². The highest BCUT2D eigenvalue weighted by atomic mass is 32.2. The number of nitrogens with zero attached hydrogens (tertiary/aromatic N) is 1. The fraction of sp³-hybridized carbons (Fsp3) is 0.524. The molecule has 0 unspecified atom stereocenters. The Morgan fingerprint density at radius 1 is 1.19 bits per heavy atom. The van der Waals surface area contributed by atoms with E-state index in [-0.39, 0.29) is 70.4 Å². The molecule has 1 saturated heterocycles. The van der Waals surface area contributed by atoms with Crippen LogP contribution in [0.1, 0.15) is 34.9 Å². The minimum absolute atomic E-state index is 0.0473. The van der Waals surface area contributed by atoms with Crippen molar-refractivity contribution in [2.24, 2.45) is 29.6 Å². The smallest absolute Gasteiger partial charge is 0.305 e. The van der Waals surface area contributed by atoms with Gasteiger partial charge in [-0.05, 0) is 42.0 Å². The van der Waals surface area contributed by atoms with Gasteiger partial charge in [0.15, 0.2) is 0 Å². The van der Waals surface area contributed by atoms with Crippen molar-refractivity contribution >= 4 is 52.2 Å². The van der Waals surface area contributed by atoms with Gasteiger partial charge < -0.3 is 10.1 Å². The molecule has 0 radical (unpaired) electrons. The summed E-state index contributed by atoms with van der Waals surface area (Å²) in [6.45, 7) is 0.188. The number of H-pyrrole nitrogens is 1.